The molecule has 0 heterocycles. The van der Waals surface area contributed by atoms with E-state index in [-0.39, 0.29) is 5.97 Å². The largest absolute Gasteiger partial charge is 0.372 e. The third kappa shape index (κ3) is 17.3. The van der Waals surface area contributed by atoms with Crippen LogP contribution in [0.3, 0.4) is 0 Å². The van der Waals surface area contributed by atoms with Crippen LogP contribution in [0.15, 0.2) is 12.7 Å². The highest BCUT2D eigenvalue weighted by Crippen LogP contribution is 2.62. The number of carbonyl (C=O) groups is 1. The van der Waals surface area contributed by atoms with Crippen molar-refractivity contribution >= 4 is 13.5 Å². The maximum atomic E-state index is 12.2. The van der Waals surface area contributed by atoms with Gasteiger partial charge in [-0.25, -0.2) is 4.79 Å². The molecule has 0 aromatic carbocycles. The highest BCUT2D eigenvalue weighted by molar-refractivity contribution is 7.71. The molecule has 0 N–H and O–H groups in total. The molecule has 0 unspecified atom stereocenters. The zero-order valence-electron chi connectivity index (χ0n) is 20.9. The monoisotopic (exact) mass is 441 g/mol. The fourth-order valence-corrected chi connectivity index (χ4v) is 8.04. The Kier molecular flexibility index (Phi) is 21.6. The molecule has 0 amide bonds. The lowest BCUT2D eigenvalue weighted by Crippen LogP contribution is -2.15. The first-order chi connectivity index (χ1) is 14.6. The second-order valence-corrected chi connectivity index (χ2v) is 12.8. The topological polar surface area (TPSA) is 26.3 Å². The molecular formula is C27H54O2P+. The van der Waals surface area contributed by atoms with Gasteiger partial charge in [0.2, 0.25) is 0 Å². The molecule has 0 rings (SSSR count). The molecule has 0 saturated heterocycles. The van der Waals surface area contributed by atoms with Crippen molar-refractivity contribution in [2.24, 2.45) is 0 Å². The zero-order chi connectivity index (χ0) is 22.3. The van der Waals surface area contributed by atoms with Gasteiger partial charge in [-0.15, -0.1) is 0 Å². The summed E-state index contributed by atoms with van der Waals surface area (Å²) in [5, 5.41) is 0. The van der Waals surface area contributed by atoms with E-state index >= 15 is 0 Å². The molecule has 30 heavy (non-hydrogen) atoms. The second-order valence-electron chi connectivity index (χ2n) is 9.15. The average Bonchev–Trinajstić information content (AvgIpc) is 2.75. The van der Waals surface area contributed by atoms with E-state index in [4.69, 9.17) is 4.52 Å². The van der Waals surface area contributed by atoms with Gasteiger partial charge in [0.25, 0.3) is 0 Å². The molecule has 0 aliphatic heterocycles. The maximum absolute atomic E-state index is 12.2. The van der Waals surface area contributed by atoms with Gasteiger partial charge in [0.1, 0.15) is 0 Å². The van der Waals surface area contributed by atoms with Gasteiger partial charge < -0.3 is 4.52 Å². The van der Waals surface area contributed by atoms with Crippen LogP contribution in [0, 0.1) is 0 Å². The van der Waals surface area contributed by atoms with Gasteiger partial charge in [-0.2, -0.15) is 0 Å². The van der Waals surface area contributed by atoms with Crippen LogP contribution in [0.25, 0.3) is 0 Å². The minimum absolute atomic E-state index is 0.175. The van der Waals surface area contributed by atoms with E-state index in [9.17, 15) is 4.79 Å². The Morgan fingerprint density at radius 3 is 1.20 bits per heavy atom. The van der Waals surface area contributed by atoms with Gasteiger partial charge in [-0.3, -0.25) is 0 Å². The molecule has 0 bridgehead atoms. The molecule has 0 aromatic heterocycles. The van der Waals surface area contributed by atoms with E-state index in [0.717, 1.165) is 18.5 Å². The van der Waals surface area contributed by atoms with Gasteiger partial charge in [0, 0.05) is 6.08 Å². The van der Waals surface area contributed by atoms with Crippen molar-refractivity contribution < 1.29 is 9.32 Å². The van der Waals surface area contributed by atoms with Crippen molar-refractivity contribution in [3.63, 3.8) is 0 Å². The quantitative estimate of drug-likeness (QED) is 0.0895. The summed E-state index contributed by atoms with van der Waals surface area (Å²) in [5.74, 6) is -0.175. The number of hydrogen-bond acceptors (Lipinski definition) is 2. The van der Waals surface area contributed by atoms with Gasteiger partial charge in [-0.1, -0.05) is 104 Å². The first-order valence-electron chi connectivity index (χ1n) is 13.4. The number of unbranched alkanes of at least 4 members (excludes halogenated alkanes) is 15. The van der Waals surface area contributed by atoms with E-state index < -0.39 is 7.49 Å². The molecule has 0 fully saturated rings. The Bertz CT molecular complexity index is 354. The van der Waals surface area contributed by atoms with Crippen LogP contribution in [0.2, 0.25) is 0 Å². The van der Waals surface area contributed by atoms with E-state index in [1.54, 1.807) is 0 Å². The van der Waals surface area contributed by atoms with E-state index in [1.165, 1.54) is 122 Å². The smallest absolute Gasteiger partial charge is 0.309 e. The molecule has 0 atom stereocenters. The summed E-state index contributed by atoms with van der Waals surface area (Å²) < 4.78 is 6.22. The first-order valence-corrected chi connectivity index (χ1v) is 15.6. The predicted octanol–water partition coefficient (Wildman–Crippen LogP) is 9.73. The van der Waals surface area contributed by atoms with Gasteiger partial charge >= 0.3 is 5.97 Å². The molecule has 0 aliphatic rings. The van der Waals surface area contributed by atoms with Crippen LogP contribution in [0.1, 0.15) is 136 Å². The highest BCUT2D eigenvalue weighted by Gasteiger charge is 2.40. The molecule has 0 spiro atoms. The summed E-state index contributed by atoms with van der Waals surface area (Å²) >= 11 is 0. The summed E-state index contributed by atoms with van der Waals surface area (Å²) in [4.78, 5) is 12.2. The van der Waals surface area contributed by atoms with Crippen LogP contribution in [0.4, 0.5) is 0 Å². The first kappa shape index (κ1) is 29.6. The maximum Gasteiger partial charge on any atom is 0.372 e. The van der Waals surface area contributed by atoms with Crippen molar-refractivity contribution in [1.82, 2.24) is 0 Å². The van der Waals surface area contributed by atoms with Crippen LogP contribution in [0.5, 0.6) is 0 Å². The van der Waals surface area contributed by atoms with Gasteiger partial charge in [-0.05, 0) is 38.5 Å². The molecule has 0 radical (unpaired) electrons. The number of rotatable bonds is 23. The number of carbonyl (C=O) groups excluding carboxylic acids is 1. The summed E-state index contributed by atoms with van der Waals surface area (Å²) in [7, 11) is -1.66. The van der Waals surface area contributed by atoms with Gasteiger partial charge in [0.15, 0.2) is 7.49 Å². The lowest BCUT2D eigenvalue weighted by atomic mass is 10.1. The van der Waals surface area contributed by atoms with Crippen molar-refractivity contribution in [3.05, 3.63) is 12.7 Å². The SMILES string of the molecule is C=CC(=O)O[P+](CCCCCCCC)(CCCCCCCC)CCCCCCCC. The van der Waals surface area contributed by atoms with Crippen molar-refractivity contribution in [3.8, 4) is 0 Å². The Morgan fingerprint density at radius 1 is 0.600 bits per heavy atom. The van der Waals surface area contributed by atoms with Crippen LogP contribution >= 0.6 is 7.49 Å². The van der Waals surface area contributed by atoms with Crippen LogP contribution in [-0.2, 0) is 9.32 Å². The fraction of sp³-hybridized carbons (Fsp3) is 0.889. The standard InChI is InChI=1S/C27H54O2P/c1-5-9-12-15-18-21-24-30(29-27(28)8-4,25-22-19-16-13-10-6-2)26-23-20-17-14-11-7-3/h8H,4-7,9-26H2,1-3H3/q+1. The fourth-order valence-electron chi connectivity index (χ4n) is 4.24. The predicted molar refractivity (Wildman–Crippen MR) is 138 cm³/mol. The van der Waals surface area contributed by atoms with Crippen molar-refractivity contribution in [2.75, 3.05) is 18.5 Å². The minimum atomic E-state index is -1.66. The second kappa shape index (κ2) is 21.9. The Morgan fingerprint density at radius 2 is 0.900 bits per heavy atom. The lowest BCUT2D eigenvalue weighted by Gasteiger charge is -2.25. The molecule has 0 saturated carbocycles. The van der Waals surface area contributed by atoms with E-state index in [1.807, 2.05) is 0 Å². The molecule has 0 aliphatic carbocycles. The molecule has 178 valence electrons. The Hall–Kier alpha value is -0.360. The molecule has 2 nitrogen and oxygen atoms in total. The Balaban J connectivity index is 4.74. The molecular weight excluding hydrogens is 387 g/mol. The summed E-state index contributed by atoms with van der Waals surface area (Å²) in [6.07, 6.45) is 28.4. The highest BCUT2D eigenvalue weighted by atomic mass is 31.2. The van der Waals surface area contributed by atoms with E-state index in [2.05, 4.69) is 27.4 Å². The normalized spacial score (nSPS) is 11.6. The minimum Gasteiger partial charge on any atom is -0.309 e. The van der Waals surface area contributed by atoms with Gasteiger partial charge in [0.05, 0.1) is 18.5 Å². The van der Waals surface area contributed by atoms with Crippen LogP contribution in [-0.4, -0.2) is 24.5 Å². The lowest BCUT2D eigenvalue weighted by molar-refractivity contribution is -0.128. The average molecular weight is 442 g/mol. The molecule has 3 heteroatoms. The van der Waals surface area contributed by atoms with Crippen molar-refractivity contribution in [2.45, 2.75) is 136 Å². The summed E-state index contributed by atoms with van der Waals surface area (Å²) in [5.41, 5.74) is 0. The zero-order valence-corrected chi connectivity index (χ0v) is 21.8. The third-order valence-electron chi connectivity index (χ3n) is 6.21. The summed E-state index contributed by atoms with van der Waals surface area (Å²) in [6.45, 7) is 10.5. The summed E-state index contributed by atoms with van der Waals surface area (Å²) in [6, 6.07) is 0. The number of hydrogen-bond donors (Lipinski definition) is 0. The van der Waals surface area contributed by atoms with Crippen molar-refractivity contribution in [1.29, 1.82) is 0 Å². The Labute approximate surface area is 190 Å². The molecule has 0 aromatic rings. The third-order valence-corrected chi connectivity index (χ3v) is 10.2. The van der Waals surface area contributed by atoms with Crippen LogP contribution < -0.4 is 0 Å². The van der Waals surface area contributed by atoms with E-state index in [0.29, 0.717) is 0 Å².